The molecule has 1 fully saturated rings. The highest BCUT2D eigenvalue weighted by atomic mass is 14.9. The lowest BCUT2D eigenvalue weighted by atomic mass is 10.1. The van der Waals surface area contributed by atoms with Gasteiger partial charge in [-0.1, -0.05) is 13.8 Å². The molecule has 8 heavy (non-hydrogen) atoms. The predicted octanol–water partition coefficient (Wildman–Crippen LogP) is 1.39. The fourth-order valence-electron chi connectivity index (χ4n) is 1.33. The second-order valence-electron chi connectivity index (χ2n) is 2.85. The van der Waals surface area contributed by atoms with Crippen LogP contribution in [0.1, 0.15) is 26.7 Å². The van der Waals surface area contributed by atoms with Crippen LogP contribution in [0, 0.1) is 5.92 Å². The van der Waals surface area contributed by atoms with Gasteiger partial charge < -0.3 is 5.32 Å². The van der Waals surface area contributed by atoms with Gasteiger partial charge in [-0.25, -0.2) is 0 Å². The Bertz CT molecular complexity index is 70.8. The van der Waals surface area contributed by atoms with Crippen LogP contribution in [-0.4, -0.2) is 12.6 Å². The first-order chi connectivity index (χ1) is 3.83. The van der Waals surface area contributed by atoms with E-state index in [0.717, 1.165) is 12.0 Å². The first kappa shape index (κ1) is 6.09. The van der Waals surface area contributed by atoms with E-state index in [1.165, 1.54) is 19.4 Å². The summed E-state index contributed by atoms with van der Waals surface area (Å²) in [6, 6.07) is 0.824. The fraction of sp³-hybridized carbons (Fsp3) is 1.00. The van der Waals surface area contributed by atoms with E-state index in [1.807, 2.05) is 0 Å². The average Bonchev–Trinajstić information content (AvgIpc) is 2.14. The molecule has 1 rings (SSSR count). The number of nitrogens with one attached hydrogen (secondary N) is 1. The van der Waals surface area contributed by atoms with Gasteiger partial charge in [0, 0.05) is 6.04 Å². The molecule has 1 aliphatic rings. The van der Waals surface area contributed by atoms with E-state index >= 15 is 0 Å². The van der Waals surface area contributed by atoms with Crippen molar-refractivity contribution in [2.75, 3.05) is 6.54 Å². The third-order valence-electron chi connectivity index (χ3n) is 1.93. The molecule has 1 saturated heterocycles. The van der Waals surface area contributed by atoms with Crippen LogP contribution >= 0.6 is 0 Å². The summed E-state index contributed by atoms with van der Waals surface area (Å²) in [5.74, 6) is 0.917. The number of hydrogen-bond donors (Lipinski definition) is 1. The minimum absolute atomic E-state index is 0.824. The number of hydrogen-bond acceptors (Lipinski definition) is 1. The van der Waals surface area contributed by atoms with Gasteiger partial charge in [0.1, 0.15) is 0 Å². The summed E-state index contributed by atoms with van der Waals surface area (Å²) in [5.41, 5.74) is 0. The molecule has 1 heterocycles. The molecule has 1 unspecified atom stereocenters. The Hall–Kier alpha value is -0.0400. The van der Waals surface area contributed by atoms with Crippen molar-refractivity contribution in [3.63, 3.8) is 0 Å². The van der Waals surface area contributed by atoms with Crippen LogP contribution in [-0.2, 0) is 0 Å². The van der Waals surface area contributed by atoms with E-state index in [0.29, 0.717) is 0 Å². The van der Waals surface area contributed by atoms with Gasteiger partial charge in [-0.3, -0.25) is 0 Å². The zero-order valence-corrected chi connectivity index (χ0v) is 5.78. The van der Waals surface area contributed by atoms with Gasteiger partial charge in [0.05, 0.1) is 0 Å². The zero-order chi connectivity index (χ0) is 5.98. The molecular weight excluding hydrogens is 98.1 g/mol. The van der Waals surface area contributed by atoms with E-state index < -0.39 is 0 Å². The standard InChI is InChI=1S/C7H15N/c1-3-7-4-6(2)5-8-7/h6-8H,3-5H2,1-2H3/t6-,7?/m0/s1. The fourth-order valence-corrected chi connectivity index (χ4v) is 1.33. The van der Waals surface area contributed by atoms with E-state index in [4.69, 9.17) is 0 Å². The Morgan fingerprint density at radius 2 is 2.38 bits per heavy atom. The number of rotatable bonds is 1. The molecule has 0 saturated carbocycles. The third-order valence-corrected chi connectivity index (χ3v) is 1.93. The molecule has 0 spiro atoms. The molecule has 0 aromatic heterocycles. The highest BCUT2D eigenvalue weighted by Gasteiger charge is 2.17. The van der Waals surface area contributed by atoms with Crippen molar-refractivity contribution >= 4 is 0 Å². The van der Waals surface area contributed by atoms with E-state index in [2.05, 4.69) is 19.2 Å². The molecule has 1 nitrogen and oxygen atoms in total. The molecule has 0 aromatic rings. The third kappa shape index (κ3) is 1.22. The Balaban J connectivity index is 2.22. The lowest BCUT2D eigenvalue weighted by Crippen LogP contribution is -2.19. The molecule has 0 aliphatic carbocycles. The van der Waals surface area contributed by atoms with Gasteiger partial charge in [0.15, 0.2) is 0 Å². The van der Waals surface area contributed by atoms with Gasteiger partial charge in [-0.2, -0.15) is 0 Å². The Kier molecular flexibility index (Phi) is 1.90. The van der Waals surface area contributed by atoms with Crippen molar-refractivity contribution < 1.29 is 0 Å². The summed E-state index contributed by atoms with van der Waals surface area (Å²) in [4.78, 5) is 0. The minimum atomic E-state index is 0.824. The summed E-state index contributed by atoms with van der Waals surface area (Å²) in [5, 5.41) is 3.46. The van der Waals surface area contributed by atoms with Crippen LogP contribution in [0.15, 0.2) is 0 Å². The van der Waals surface area contributed by atoms with Crippen molar-refractivity contribution in [2.45, 2.75) is 32.7 Å². The first-order valence-electron chi connectivity index (χ1n) is 3.56. The summed E-state index contributed by atoms with van der Waals surface area (Å²) in [7, 11) is 0. The molecule has 1 N–H and O–H groups in total. The van der Waals surface area contributed by atoms with E-state index in [9.17, 15) is 0 Å². The van der Waals surface area contributed by atoms with Crippen LogP contribution in [0.2, 0.25) is 0 Å². The van der Waals surface area contributed by atoms with Gasteiger partial charge >= 0.3 is 0 Å². The summed E-state index contributed by atoms with van der Waals surface area (Å²) in [6.45, 7) is 5.79. The summed E-state index contributed by atoms with van der Waals surface area (Å²) >= 11 is 0. The SMILES string of the molecule is CCC1C[C@H](C)CN1. The van der Waals surface area contributed by atoms with Gasteiger partial charge in [-0.05, 0) is 25.3 Å². The molecule has 48 valence electrons. The maximum Gasteiger partial charge on any atom is 0.00675 e. The molecule has 0 amide bonds. The Morgan fingerprint density at radius 1 is 1.62 bits per heavy atom. The maximum atomic E-state index is 3.46. The molecule has 2 atom stereocenters. The maximum absolute atomic E-state index is 3.46. The van der Waals surface area contributed by atoms with E-state index in [-0.39, 0.29) is 0 Å². The van der Waals surface area contributed by atoms with Crippen LogP contribution in [0.3, 0.4) is 0 Å². The largest absolute Gasteiger partial charge is 0.314 e. The van der Waals surface area contributed by atoms with Gasteiger partial charge in [-0.15, -0.1) is 0 Å². The monoisotopic (exact) mass is 113 g/mol. The van der Waals surface area contributed by atoms with Crippen molar-refractivity contribution in [3.8, 4) is 0 Å². The van der Waals surface area contributed by atoms with Crippen molar-refractivity contribution in [3.05, 3.63) is 0 Å². The lowest BCUT2D eigenvalue weighted by Gasteiger charge is -2.02. The highest BCUT2D eigenvalue weighted by molar-refractivity contribution is 4.77. The van der Waals surface area contributed by atoms with Crippen LogP contribution < -0.4 is 5.32 Å². The summed E-state index contributed by atoms with van der Waals surface area (Å²) < 4.78 is 0. The topological polar surface area (TPSA) is 12.0 Å². The normalized spacial score (nSPS) is 38.2. The Labute approximate surface area is 51.5 Å². The van der Waals surface area contributed by atoms with Gasteiger partial charge in [0.25, 0.3) is 0 Å². The molecule has 1 heteroatoms. The van der Waals surface area contributed by atoms with Crippen LogP contribution in [0.25, 0.3) is 0 Å². The van der Waals surface area contributed by atoms with Crippen molar-refractivity contribution in [1.82, 2.24) is 5.32 Å². The second-order valence-corrected chi connectivity index (χ2v) is 2.85. The lowest BCUT2D eigenvalue weighted by molar-refractivity contribution is 0.568. The quantitative estimate of drug-likeness (QED) is 0.542. The predicted molar refractivity (Wildman–Crippen MR) is 35.9 cm³/mol. The Morgan fingerprint density at radius 3 is 2.62 bits per heavy atom. The minimum Gasteiger partial charge on any atom is -0.314 e. The average molecular weight is 113 g/mol. The van der Waals surface area contributed by atoms with Crippen molar-refractivity contribution in [2.24, 2.45) is 5.92 Å². The first-order valence-corrected chi connectivity index (χ1v) is 3.56. The van der Waals surface area contributed by atoms with Crippen molar-refractivity contribution in [1.29, 1.82) is 0 Å². The second kappa shape index (κ2) is 2.49. The van der Waals surface area contributed by atoms with Gasteiger partial charge in [0.2, 0.25) is 0 Å². The summed E-state index contributed by atoms with van der Waals surface area (Å²) in [6.07, 6.45) is 2.68. The zero-order valence-electron chi connectivity index (χ0n) is 5.78. The van der Waals surface area contributed by atoms with E-state index in [1.54, 1.807) is 0 Å². The molecule has 0 radical (unpaired) electrons. The highest BCUT2D eigenvalue weighted by Crippen LogP contribution is 2.14. The van der Waals surface area contributed by atoms with Crippen LogP contribution in [0.5, 0.6) is 0 Å². The molecular formula is C7H15N. The molecule has 0 aromatic carbocycles. The van der Waals surface area contributed by atoms with Crippen LogP contribution in [0.4, 0.5) is 0 Å². The molecule has 1 aliphatic heterocycles. The molecule has 0 bridgehead atoms. The smallest absolute Gasteiger partial charge is 0.00675 e.